The van der Waals surface area contributed by atoms with Crippen LogP contribution in [0.15, 0.2) is 28.8 Å². The van der Waals surface area contributed by atoms with Gasteiger partial charge in [0, 0.05) is 18.1 Å². The number of rotatable bonds is 3. The Morgan fingerprint density at radius 2 is 2.40 bits per heavy atom. The van der Waals surface area contributed by atoms with Gasteiger partial charge in [-0.2, -0.15) is 16.7 Å². The molecule has 0 saturated carbocycles. The van der Waals surface area contributed by atoms with Crippen LogP contribution in [0.3, 0.4) is 0 Å². The lowest BCUT2D eigenvalue weighted by molar-refractivity contribution is 0.256. The number of aromatic hydroxyl groups is 1. The highest BCUT2D eigenvalue weighted by molar-refractivity contribution is 7.99. The molecule has 0 amide bonds. The van der Waals surface area contributed by atoms with E-state index in [0.717, 1.165) is 29.4 Å². The number of benzene rings is 1. The van der Waals surface area contributed by atoms with E-state index < -0.39 is 0 Å². The highest BCUT2D eigenvalue weighted by Gasteiger charge is 2.25. The Bertz CT molecular complexity index is 587. The molecule has 2 heterocycles. The van der Waals surface area contributed by atoms with Crippen molar-refractivity contribution in [1.82, 2.24) is 15.0 Å². The second kappa shape index (κ2) is 5.85. The van der Waals surface area contributed by atoms with Crippen LogP contribution >= 0.6 is 11.8 Å². The molecule has 1 atom stereocenters. The largest absolute Gasteiger partial charge is 0.508 e. The predicted octanol–water partition coefficient (Wildman–Crippen LogP) is 2.09. The zero-order valence-corrected chi connectivity index (χ0v) is 12.1. The molecule has 0 radical (unpaired) electrons. The van der Waals surface area contributed by atoms with Gasteiger partial charge in [-0.25, -0.2) is 0 Å². The van der Waals surface area contributed by atoms with Crippen molar-refractivity contribution in [3.8, 4) is 5.75 Å². The van der Waals surface area contributed by atoms with Crippen molar-refractivity contribution in [2.24, 2.45) is 0 Å². The summed E-state index contributed by atoms with van der Waals surface area (Å²) in [6.07, 6.45) is 0.547. The van der Waals surface area contributed by atoms with Gasteiger partial charge in [0.25, 0.3) is 0 Å². The summed E-state index contributed by atoms with van der Waals surface area (Å²) >= 11 is 1.92. The minimum Gasteiger partial charge on any atom is -0.508 e. The normalized spacial score (nSPS) is 20.1. The molecule has 1 aliphatic heterocycles. The van der Waals surface area contributed by atoms with Gasteiger partial charge in [0.05, 0.1) is 12.5 Å². The van der Waals surface area contributed by atoms with Crippen molar-refractivity contribution in [2.45, 2.75) is 12.5 Å². The fourth-order valence-electron chi connectivity index (χ4n) is 2.27. The SMILES string of the molecule is CN1CCSCC1c1noc(Cc2cccc(O)c2)n1. The molecule has 5 nitrogen and oxygen atoms in total. The molecule has 3 rings (SSSR count). The van der Waals surface area contributed by atoms with E-state index in [1.54, 1.807) is 12.1 Å². The monoisotopic (exact) mass is 291 g/mol. The van der Waals surface area contributed by atoms with Crippen LogP contribution < -0.4 is 0 Å². The Morgan fingerprint density at radius 1 is 1.50 bits per heavy atom. The van der Waals surface area contributed by atoms with E-state index in [1.165, 1.54) is 0 Å². The van der Waals surface area contributed by atoms with Gasteiger partial charge in [0.2, 0.25) is 5.89 Å². The van der Waals surface area contributed by atoms with Gasteiger partial charge in [-0.15, -0.1) is 0 Å². The fourth-order valence-corrected chi connectivity index (χ4v) is 3.49. The number of aromatic nitrogens is 2. The quantitative estimate of drug-likeness (QED) is 0.934. The number of hydrogen-bond acceptors (Lipinski definition) is 6. The van der Waals surface area contributed by atoms with Crippen molar-refractivity contribution in [1.29, 1.82) is 0 Å². The zero-order valence-electron chi connectivity index (χ0n) is 11.3. The Balaban J connectivity index is 1.73. The third kappa shape index (κ3) is 2.96. The minimum absolute atomic E-state index is 0.232. The van der Waals surface area contributed by atoms with Crippen LogP contribution in [0.25, 0.3) is 0 Å². The van der Waals surface area contributed by atoms with E-state index in [1.807, 2.05) is 23.9 Å². The summed E-state index contributed by atoms with van der Waals surface area (Å²) in [5.74, 6) is 3.76. The lowest BCUT2D eigenvalue weighted by Gasteiger charge is -2.29. The molecule has 106 valence electrons. The Labute approximate surface area is 122 Å². The molecule has 20 heavy (non-hydrogen) atoms. The maximum absolute atomic E-state index is 9.46. The van der Waals surface area contributed by atoms with Gasteiger partial charge in [-0.1, -0.05) is 17.3 Å². The molecule has 1 fully saturated rings. The predicted molar refractivity (Wildman–Crippen MR) is 77.9 cm³/mol. The van der Waals surface area contributed by atoms with Gasteiger partial charge >= 0.3 is 0 Å². The highest BCUT2D eigenvalue weighted by atomic mass is 32.2. The van der Waals surface area contributed by atoms with Crippen LogP contribution in [0.4, 0.5) is 0 Å². The van der Waals surface area contributed by atoms with E-state index in [9.17, 15) is 5.11 Å². The van der Waals surface area contributed by atoms with Crippen molar-refractivity contribution < 1.29 is 9.63 Å². The molecule has 1 unspecified atom stereocenters. The lowest BCUT2D eigenvalue weighted by Crippen LogP contribution is -2.33. The maximum Gasteiger partial charge on any atom is 0.231 e. The van der Waals surface area contributed by atoms with Crippen LogP contribution in [0.1, 0.15) is 23.3 Å². The van der Waals surface area contributed by atoms with Crippen molar-refractivity contribution in [3.05, 3.63) is 41.5 Å². The van der Waals surface area contributed by atoms with Crippen LogP contribution in [-0.2, 0) is 6.42 Å². The van der Waals surface area contributed by atoms with E-state index in [4.69, 9.17) is 4.52 Å². The zero-order chi connectivity index (χ0) is 13.9. The van der Waals surface area contributed by atoms with Crippen molar-refractivity contribution in [3.63, 3.8) is 0 Å². The first kappa shape index (κ1) is 13.5. The summed E-state index contributed by atoms with van der Waals surface area (Å²) in [5, 5.41) is 13.6. The number of hydrogen-bond donors (Lipinski definition) is 1. The summed E-state index contributed by atoms with van der Waals surface area (Å²) in [5.41, 5.74) is 0.964. The average Bonchev–Trinajstić information content (AvgIpc) is 2.87. The van der Waals surface area contributed by atoms with E-state index in [-0.39, 0.29) is 11.8 Å². The minimum atomic E-state index is 0.232. The molecule has 0 spiro atoms. The van der Waals surface area contributed by atoms with Crippen molar-refractivity contribution in [2.75, 3.05) is 25.1 Å². The Kier molecular flexibility index (Phi) is 3.93. The van der Waals surface area contributed by atoms with Crippen LogP contribution in [0.5, 0.6) is 5.75 Å². The molecule has 0 bridgehead atoms. The molecule has 2 aromatic rings. The maximum atomic E-state index is 9.46. The van der Waals surface area contributed by atoms with Crippen LogP contribution in [0.2, 0.25) is 0 Å². The third-order valence-electron chi connectivity index (χ3n) is 3.44. The molecule has 1 N–H and O–H groups in total. The van der Waals surface area contributed by atoms with Gasteiger partial charge < -0.3 is 9.63 Å². The summed E-state index contributed by atoms with van der Waals surface area (Å²) < 4.78 is 5.33. The van der Waals surface area contributed by atoms with Crippen LogP contribution in [-0.4, -0.2) is 45.2 Å². The first-order chi connectivity index (χ1) is 9.72. The van der Waals surface area contributed by atoms with E-state index in [2.05, 4.69) is 22.1 Å². The standard InChI is InChI=1S/C14H17N3O2S/c1-17-5-6-20-9-12(17)14-15-13(19-16-14)8-10-3-2-4-11(18)7-10/h2-4,7,12,18H,5-6,8-9H2,1H3. The molecule has 1 saturated heterocycles. The van der Waals surface area contributed by atoms with Gasteiger partial charge in [0.15, 0.2) is 5.82 Å². The molecular weight excluding hydrogens is 274 g/mol. The number of phenolic OH excluding ortho intramolecular Hbond substituents is 1. The van der Waals surface area contributed by atoms with E-state index >= 15 is 0 Å². The topological polar surface area (TPSA) is 62.4 Å². The Morgan fingerprint density at radius 3 is 3.20 bits per heavy atom. The number of phenols is 1. The third-order valence-corrected chi connectivity index (χ3v) is 4.47. The lowest BCUT2D eigenvalue weighted by atomic mass is 10.1. The van der Waals surface area contributed by atoms with Gasteiger partial charge in [-0.05, 0) is 24.7 Å². The molecule has 1 aromatic heterocycles. The molecular formula is C14H17N3O2S. The molecule has 1 aromatic carbocycles. The van der Waals surface area contributed by atoms with Crippen LogP contribution in [0, 0.1) is 0 Å². The second-order valence-corrected chi connectivity index (χ2v) is 6.11. The second-order valence-electron chi connectivity index (χ2n) is 4.96. The van der Waals surface area contributed by atoms with Crippen molar-refractivity contribution >= 4 is 11.8 Å². The Hall–Kier alpha value is -1.53. The molecule has 6 heteroatoms. The summed E-state index contributed by atoms with van der Waals surface area (Å²) in [6.45, 7) is 1.05. The first-order valence-electron chi connectivity index (χ1n) is 6.61. The summed E-state index contributed by atoms with van der Waals surface area (Å²) in [7, 11) is 2.09. The fraction of sp³-hybridized carbons (Fsp3) is 0.429. The van der Waals surface area contributed by atoms with Gasteiger partial charge in [-0.3, -0.25) is 4.90 Å². The van der Waals surface area contributed by atoms with E-state index in [0.29, 0.717) is 12.3 Å². The summed E-state index contributed by atoms with van der Waals surface area (Å²) in [6, 6.07) is 7.35. The molecule has 0 aliphatic carbocycles. The number of nitrogens with zero attached hydrogens (tertiary/aromatic N) is 3. The smallest absolute Gasteiger partial charge is 0.231 e. The molecule has 1 aliphatic rings. The van der Waals surface area contributed by atoms with Gasteiger partial charge in [0.1, 0.15) is 5.75 Å². The average molecular weight is 291 g/mol. The highest BCUT2D eigenvalue weighted by Crippen LogP contribution is 2.26. The first-order valence-corrected chi connectivity index (χ1v) is 7.76. The number of thioether (sulfide) groups is 1. The summed E-state index contributed by atoms with van der Waals surface area (Å²) in [4.78, 5) is 6.76.